The van der Waals surface area contributed by atoms with Gasteiger partial charge in [-0.2, -0.15) is 0 Å². The number of rotatable bonds is 5. The molecule has 0 aliphatic heterocycles. The first-order chi connectivity index (χ1) is 11.0. The molecule has 1 amide bonds. The number of carbonyl (C=O) groups is 1. The van der Waals surface area contributed by atoms with Gasteiger partial charge in [-0.3, -0.25) is 4.79 Å². The summed E-state index contributed by atoms with van der Waals surface area (Å²) in [6.45, 7) is 3.96. The smallest absolute Gasteiger partial charge is 0.235 e. The molecule has 120 valence electrons. The van der Waals surface area contributed by atoms with Crippen LogP contribution in [-0.4, -0.2) is 12.0 Å². The fraction of sp³-hybridized carbons (Fsp3) is 0.316. The van der Waals surface area contributed by atoms with E-state index in [-0.39, 0.29) is 12.0 Å². The van der Waals surface area contributed by atoms with Crippen molar-refractivity contribution < 1.29 is 9.53 Å². The monoisotopic (exact) mass is 329 g/mol. The minimum atomic E-state index is -0.481. The Hall–Kier alpha value is -2.00. The average Bonchev–Trinajstić information content (AvgIpc) is 3.31. The second-order valence-electron chi connectivity index (χ2n) is 6.21. The van der Waals surface area contributed by atoms with Gasteiger partial charge >= 0.3 is 0 Å². The molecular weight excluding hydrogens is 310 g/mol. The van der Waals surface area contributed by atoms with E-state index in [0.29, 0.717) is 5.02 Å². The van der Waals surface area contributed by atoms with E-state index < -0.39 is 5.41 Å². The number of nitrogens with one attached hydrogen (secondary N) is 1. The Morgan fingerprint density at radius 1 is 1.13 bits per heavy atom. The Kier molecular flexibility index (Phi) is 4.31. The summed E-state index contributed by atoms with van der Waals surface area (Å²) in [4.78, 5) is 12.7. The summed E-state index contributed by atoms with van der Waals surface area (Å²) in [5, 5.41) is 3.65. The highest BCUT2D eigenvalue weighted by Crippen LogP contribution is 2.51. The lowest BCUT2D eigenvalue weighted by Crippen LogP contribution is -2.28. The van der Waals surface area contributed by atoms with Gasteiger partial charge in [0, 0.05) is 10.7 Å². The molecule has 4 heteroatoms. The number of ether oxygens (including phenoxy) is 1. The Morgan fingerprint density at radius 2 is 1.78 bits per heavy atom. The highest BCUT2D eigenvalue weighted by molar-refractivity contribution is 6.32. The zero-order valence-electron chi connectivity index (χ0n) is 13.3. The summed E-state index contributed by atoms with van der Waals surface area (Å²) in [5.74, 6) is 0.799. The molecular formula is C19H20ClNO2. The number of hydrogen-bond donors (Lipinski definition) is 1. The van der Waals surface area contributed by atoms with Crippen LogP contribution in [0.3, 0.4) is 0 Å². The number of anilines is 1. The van der Waals surface area contributed by atoms with Crippen molar-refractivity contribution in [1.82, 2.24) is 0 Å². The second-order valence-corrected chi connectivity index (χ2v) is 6.61. The lowest BCUT2D eigenvalue weighted by Gasteiger charge is -2.17. The van der Waals surface area contributed by atoms with E-state index in [2.05, 4.69) is 5.32 Å². The van der Waals surface area contributed by atoms with Gasteiger partial charge in [-0.25, -0.2) is 0 Å². The van der Waals surface area contributed by atoms with E-state index in [9.17, 15) is 4.79 Å². The number of carbonyl (C=O) groups excluding carboxylic acids is 1. The highest BCUT2D eigenvalue weighted by atomic mass is 35.5. The Balaban J connectivity index is 1.73. The molecule has 0 saturated heterocycles. The normalized spacial score (nSPS) is 15.3. The van der Waals surface area contributed by atoms with Gasteiger partial charge in [0.05, 0.1) is 11.5 Å². The van der Waals surface area contributed by atoms with Crippen LogP contribution in [0.1, 0.15) is 32.3 Å². The third kappa shape index (κ3) is 3.35. The van der Waals surface area contributed by atoms with Crippen LogP contribution in [0.25, 0.3) is 0 Å². The molecule has 1 fully saturated rings. The summed E-state index contributed by atoms with van der Waals surface area (Å²) in [6.07, 6.45) is 1.79. The molecule has 2 aromatic rings. The molecule has 0 heterocycles. The lowest BCUT2D eigenvalue weighted by atomic mass is 9.95. The third-order valence-corrected chi connectivity index (χ3v) is 4.39. The van der Waals surface area contributed by atoms with Gasteiger partial charge in [-0.05, 0) is 62.6 Å². The van der Waals surface area contributed by atoms with Crippen LogP contribution in [0.15, 0.2) is 48.5 Å². The molecule has 1 saturated carbocycles. The summed E-state index contributed by atoms with van der Waals surface area (Å²) in [6, 6.07) is 15.0. The molecule has 0 bridgehead atoms. The predicted molar refractivity (Wildman–Crippen MR) is 93.2 cm³/mol. The van der Waals surface area contributed by atoms with Crippen LogP contribution < -0.4 is 10.1 Å². The fourth-order valence-corrected chi connectivity index (χ4v) is 3.05. The van der Waals surface area contributed by atoms with Crippen molar-refractivity contribution in [2.45, 2.75) is 38.2 Å². The highest BCUT2D eigenvalue weighted by Gasteiger charge is 2.52. The third-order valence-electron chi connectivity index (χ3n) is 4.06. The second kappa shape index (κ2) is 6.25. The van der Waals surface area contributed by atoms with E-state index in [1.165, 1.54) is 0 Å². The topological polar surface area (TPSA) is 38.3 Å². The summed E-state index contributed by atoms with van der Waals surface area (Å²) < 4.78 is 5.61. The van der Waals surface area contributed by atoms with Gasteiger partial charge in [-0.15, -0.1) is 0 Å². The quantitative estimate of drug-likeness (QED) is 0.855. The van der Waals surface area contributed by atoms with Gasteiger partial charge in [-0.1, -0.05) is 29.8 Å². The van der Waals surface area contributed by atoms with Crippen LogP contribution in [0.4, 0.5) is 5.69 Å². The van der Waals surface area contributed by atoms with Crippen LogP contribution in [0, 0.1) is 0 Å². The Bertz CT molecular complexity index is 706. The van der Waals surface area contributed by atoms with Crippen molar-refractivity contribution in [1.29, 1.82) is 0 Å². The molecule has 0 atom stereocenters. The van der Waals surface area contributed by atoms with Crippen molar-refractivity contribution in [2.24, 2.45) is 0 Å². The SMILES string of the molecule is CC(C)Oc1ccc(NC(=O)C2(c3ccccc3Cl)CC2)cc1. The van der Waals surface area contributed by atoms with E-state index >= 15 is 0 Å². The standard InChI is InChI=1S/C19H20ClNO2/c1-13(2)23-15-9-7-14(8-10-15)21-18(22)19(11-12-19)16-5-3-4-6-17(16)20/h3-10,13H,11-12H2,1-2H3,(H,21,22). The molecule has 0 unspecified atom stereocenters. The van der Waals surface area contributed by atoms with E-state index in [4.69, 9.17) is 16.3 Å². The van der Waals surface area contributed by atoms with Gasteiger partial charge in [0.2, 0.25) is 5.91 Å². The summed E-state index contributed by atoms with van der Waals surface area (Å²) in [7, 11) is 0. The zero-order chi connectivity index (χ0) is 16.4. The first-order valence-electron chi connectivity index (χ1n) is 7.84. The molecule has 0 radical (unpaired) electrons. The Morgan fingerprint density at radius 3 is 2.35 bits per heavy atom. The van der Waals surface area contributed by atoms with Gasteiger partial charge in [0.1, 0.15) is 5.75 Å². The molecule has 0 spiro atoms. The van der Waals surface area contributed by atoms with Crippen LogP contribution in [-0.2, 0) is 10.2 Å². The molecule has 1 aliphatic rings. The fourth-order valence-electron chi connectivity index (χ4n) is 2.73. The minimum Gasteiger partial charge on any atom is -0.491 e. The van der Waals surface area contributed by atoms with E-state index in [1.807, 2.05) is 62.4 Å². The van der Waals surface area contributed by atoms with Crippen molar-refractivity contribution in [2.75, 3.05) is 5.32 Å². The van der Waals surface area contributed by atoms with Gasteiger partial charge in [0.15, 0.2) is 0 Å². The molecule has 23 heavy (non-hydrogen) atoms. The summed E-state index contributed by atoms with van der Waals surface area (Å²) >= 11 is 6.27. The first kappa shape index (κ1) is 15.9. The zero-order valence-corrected chi connectivity index (χ0v) is 14.1. The van der Waals surface area contributed by atoms with Crippen LogP contribution in [0.5, 0.6) is 5.75 Å². The average molecular weight is 330 g/mol. The van der Waals surface area contributed by atoms with Gasteiger partial charge < -0.3 is 10.1 Å². The molecule has 3 rings (SSSR count). The molecule has 3 nitrogen and oxygen atoms in total. The molecule has 0 aromatic heterocycles. The number of halogens is 1. The minimum absolute atomic E-state index is 0.00290. The molecule has 1 aliphatic carbocycles. The van der Waals surface area contributed by atoms with Crippen molar-refractivity contribution in [3.8, 4) is 5.75 Å². The Labute approximate surface area is 141 Å². The van der Waals surface area contributed by atoms with Crippen LogP contribution in [0.2, 0.25) is 5.02 Å². The van der Waals surface area contributed by atoms with Crippen molar-refractivity contribution >= 4 is 23.2 Å². The first-order valence-corrected chi connectivity index (χ1v) is 8.22. The maximum absolute atomic E-state index is 12.7. The largest absolute Gasteiger partial charge is 0.491 e. The summed E-state index contributed by atoms with van der Waals surface area (Å²) in [5.41, 5.74) is 1.20. The maximum atomic E-state index is 12.7. The van der Waals surface area contributed by atoms with E-state index in [1.54, 1.807) is 0 Å². The number of benzene rings is 2. The number of hydrogen-bond acceptors (Lipinski definition) is 2. The van der Waals surface area contributed by atoms with Crippen LogP contribution >= 0.6 is 11.6 Å². The predicted octanol–water partition coefficient (Wildman–Crippen LogP) is 4.80. The maximum Gasteiger partial charge on any atom is 0.235 e. The molecule has 1 N–H and O–H groups in total. The van der Waals surface area contributed by atoms with E-state index in [0.717, 1.165) is 29.8 Å². The van der Waals surface area contributed by atoms with Crippen molar-refractivity contribution in [3.63, 3.8) is 0 Å². The number of amides is 1. The molecule has 2 aromatic carbocycles. The van der Waals surface area contributed by atoms with Crippen molar-refractivity contribution in [3.05, 3.63) is 59.1 Å². The van der Waals surface area contributed by atoms with Gasteiger partial charge in [0.25, 0.3) is 0 Å². The lowest BCUT2D eigenvalue weighted by molar-refractivity contribution is -0.118.